The van der Waals surface area contributed by atoms with Gasteiger partial charge in [-0.15, -0.1) is 0 Å². The van der Waals surface area contributed by atoms with Crippen LogP contribution in [-0.2, 0) is 6.54 Å². The Balaban J connectivity index is 1.86. The van der Waals surface area contributed by atoms with Gasteiger partial charge < -0.3 is 14.3 Å². The highest BCUT2D eigenvalue weighted by atomic mass is 16.3. The summed E-state index contributed by atoms with van der Waals surface area (Å²) in [5.41, 5.74) is 0.395. The van der Waals surface area contributed by atoms with Crippen LogP contribution in [0.3, 0.4) is 0 Å². The average molecular weight is 297 g/mol. The molecule has 1 aromatic carbocycles. The van der Waals surface area contributed by atoms with E-state index in [1.165, 1.54) is 4.90 Å². The molecule has 2 heterocycles. The molecule has 2 aromatic heterocycles. The summed E-state index contributed by atoms with van der Waals surface area (Å²) in [6.45, 7) is 1.97. The lowest BCUT2D eigenvalue weighted by molar-refractivity contribution is 0.0748. The standard InChI is InChI=1S/C16H15N3O3/c1-10-7-8-13(22-10)16(21)19(2)9-14-17-12-6-4-3-5-11(12)15(20)18-14/h3-8H,9H2,1-2H3,(H,17,18,20). The van der Waals surface area contributed by atoms with Gasteiger partial charge in [0.1, 0.15) is 11.6 Å². The molecule has 0 fully saturated rings. The van der Waals surface area contributed by atoms with E-state index in [9.17, 15) is 9.59 Å². The number of carbonyl (C=O) groups excluding carboxylic acids is 1. The first-order valence-electron chi connectivity index (χ1n) is 6.84. The Morgan fingerprint density at radius 3 is 2.77 bits per heavy atom. The SMILES string of the molecule is Cc1ccc(C(=O)N(C)Cc2nc3ccccc3c(=O)[nH]2)o1. The lowest BCUT2D eigenvalue weighted by Crippen LogP contribution is -2.28. The molecule has 6 heteroatoms. The molecule has 0 saturated carbocycles. The van der Waals surface area contributed by atoms with Crippen LogP contribution in [0.4, 0.5) is 0 Å². The summed E-state index contributed by atoms with van der Waals surface area (Å²) in [6, 6.07) is 10.5. The summed E-state index contributed by atoms with van der Waals surface area (Å²) in [4.78, 5) is 32.8. The van der Waals surface area contributed by atoms with Gasteiger partial charge in [-0.2, -0.15) is 0 Å². The maximum absolute atomic E-state index is 12.2. The fourth-order valence-corrected chi connectivity index (χ4v) is 2.24. The highest BCUT2D eigenvalue weighted by Crippen LogP contribution is 2.11. The van der Waals surface area contributed by atoms with Crippen molar-refractivity contribution in [2.45, 2.75) is 13.5 Å². The van der Waals surface area contributed by atoms with Crippen LogP contribution in [0.1, 0.15) is 22.1 Å². The number of hydrogen-bond donors (Lipinski definition) is 1. The van der Waals surface area contributed by atoms with E-state index in [1.807, 2.05) is 6.07 Å². The summed E-state index contributed by atoms with van der Waals surface area (Å²) in [7, 11) is 1.63. The van der Waals surface area contributed by atoms with Crippen molar-refractivity contribution >= 4 is 16.8 Å². The minimum Gasteiger partial charge on any atom is -0.456 e. The molecule has 1 amide bonds. The zero-order valence-corrected chi connectivity index (χ0v) is 12.3. The van der Waals surface area contributed by atoms with Gasteiger partial charge in [0.25, 0.3) is 11.5 Å². The van der Waals surface area contributed by atoms with Gasteiger partial charge in [0, 0.05) is 7.05 Å². The number of benzene rings is 1. The number of rotatable bonds is 3. The van der Waals surface area contributed by atoms with Gasteiger partial charge in [0.15, 0.2) is 5.76 Å². The van der Waals surface area contributed by atoms with Crippen LogP contribution in [0.25, 0.3) is 10.9 Å². The minimum absolute atomic E-state index is 0.193. The number of furan rings is 1. The Labute approximate surface area is 126 Å². The Morgan fingerprint density at radius 2 is 2.05 bits per heavy atom. The van der Waals surface area contributed by atoms with Crippen molar-refractivity contribution in [2.75, 3.05) is 7.05 Å². The lowest BCUT2D eigenvalue weighted by atomic mass is 10.2. The Morgan fingerprint density at radius 1 is 1.27 bits per heavy atom. The predicted molar refractivity (Wildman–Crippen MR) is 81.6 cm³/mol. The fourth-order valence-electron chi connectivity index (χ4n) is 2.24. The quantitative estimate of drug-likeness (QED) is 0.803. The topological polar surface area (TPSA) is 79.2 Å². The zero-order chi connectivity index (χ0) is 15.7. The third-order valence-corrected chi connectivity index (χ3v) is 3.35. The summed E-state index contributed by atoms with van der Waals surface area (Å²) in [6.07, 6.45) is 0. The molecule has 0 spiro atoms. The second-order valence-electron chi connectivity index (χ2n) is 5.10. The van der Waals surface area contributed by atoms with Crippen molar-refractivity contribution in [3.63, 3.8) is 0 Å². The first-order chi connectivity index (χ1) is 10.5. The molecule has 0 aliphatic rings. The second-order valence-corrected chi connectivity index (χ2v) is 5.10. The highest BCUT2D eigenvalue weighted by molar-refractivity contribution is 5.91. The van der Waals surface area contributed by atoms with Crippen LogP contribution in [0.2, 0.25) is 0 Å². The van der Waals surface area contributed by atoms with Gasteiger partial charge in [-0.05, 0) is 31.2 Å². The number of fused-ring (bicyclic) bond motifs is 1. The molecule has 0 atom stereocenters. The molecular formula is C16H15N3O3. The summed E-state index contributed by atoms with van der Waals surface area (Å²) in [5, 5.41) is 0.530. The Bertz CT molecular complexity index is 895. The van der Waals surface area contributed by atoms with Crippen LogP contribution >= 0.6 is 0 Å². The van der Waals surface area contributed by atoms with E-state index in [-0.39, 0.29) is 23.8 Å². The average Bonchev–Trinajstić information content (AvgIpc) is 2.93. The van der Waals surface area contributed by atoms with E-state index in [0.29, 0.717) is 22.5 Å². The predicted octanol–water partition coefficient (Wildman–Crippen LogP) is 2.10. The first kappa shape index (κ1) is 14.1. The van der Waals surface area contributed by atoms with E-state index in [2.05, 4.69) is 9.97 Å². The molecule has 1 N–H and O–H groups in total. The van der Waals surface area contributed by atoms with Crippen LogP contribution in [-0.4, -0.2) is 27.8 Å². The van der Waals surface area contributed by atoms with Gasteiger partial charge in [-0.3, -0.25) is 9.59 Å². The molecule has 0 radical (unpaired) electrons. The third-order valence-electron chi connectivity index (χ3n) is 3.35. The monoisotopic (exact) mass is 297 g/mol. The number of carbonyl (C=O) groups is 1. The number of nitrogens with zero attached hydrogens (tertiary/aromatic N) is 2. The van der Waals surface area contributed by atoms with Crippen molar-refractivity contribution in [1.82, 2.24) is 14.9 Å². The van der Waals surface area contributed by atoms with Gasteiger partial charge in [-0.1, -0.05) is 12.1 Å². The van der Waals surface area contributed by atoms with Crippen molar-refractivity contribution in [3.05, 3.63) is 64.1 Å². The molecule has 0 unspecified atom stereocenters. The number of aromatic amines is 1. The molecular weight excluding hydrogens is 282 g/mol. The summed E-state index contributed by atoms with van der Waals surface area (Å²) in [5.74, 6) is 1.11. The highest BCUT2D eigenvalue weighted by Gasteiger charge is 2.16. The zero-order valence-electron chi connectivity index (χ0n) is 12.3. The van der Waals surface area contributed by atoms with Gasteiger partial charge >= 0.3 is 0 Å². The van der Waals surface area contributed by atoms with Gasteiger partial charge in [0.05, 0.1) is 17.4 Å². The molecule has 0 aliphatic heterocycles. The second kappa shape index (κ2) is 5.48. The van der Waals surface area contributed by atoms with Crippen molar-refractivity contribution in [3.8, 4) is 0 Å². The number of hydrogen-bond acceptors (Lipinski definition) is 4. The number of amides is 1. The molecule has 0 saturated heterocycles. The maximum Gasteiger partial charge on any atom is 0.289 e. The number of H-pyrrole nitrogens is 1. The summed E-state index contributed by atoms with van der Waals surface area (Å²) >= 11 is 0. The smallest absolute Gasteiger partial charge is 0.289 e. The fraction of sp³-hybridized carbons (Fsp3) is 0.188. The van der Waals surface area contributed by atoms with Crippen molar-refractivity contribution in [2.24, 2.45) is 0 Å². The number of para-hydroxylation sites is 1. The molecule has 112 valence electrons. The molecule has 3 rings (SSSR count). The van der Waals surface area contributed by atoms with Gasteiger partial charge in [0.2, 0.25) is 0 Å². The largest absolute Gasteiger partial charge is 0.456 e. The third kappa shape index (κ3) is 2.63. The van der Waals surface area contributed by atoms with E-state index >= 15 is 0 Å². The van der Waals surface area contributed by atoms with Crippen LogP contribution in [0, 0.1) is 6.92 Å². The molecule has 0 aliphatic carbocycles. The van der Waals surface area contributed by atoms with E-state index in [0.717, 1.165) is 0 Å². The number of aryl methyl sites for hydroxylation is 1. The molecule has 0 bridgehead atoms. The molecule has 22 heavy (non-hydrogen) atoms. The first-order valence-corrected chi connectivity index (χ1v) is 6.84. The van der Waals surface area contributed by atoms with Crippen molar-refractivity contribution < 1.29 is 9.21 Å². The van der Waals surface area contributed by atoms with Crippen LogP contribution in [0.15, 0.2) is 45.6 Å². The number of nitrogens with one attached hydrogen (secondary N) is 1. The molecule has 6 nitrogen and oxygen atoms in total. The Kier molecular flexibility index (Phi) is 3.50. The van der Waals surface area contributed by atoms with E-state index < -0.39 is 0 Å². The van der Waals surface area contributed by atoms with Crippen LogP contribution in [0.5, 0.6) is 0 Å². The summed E-state index contributed by atoms with van der Waals surface area (Å²) < 4.78 is 5.31. The minimum atomic E-state index is -0.260. The maximum atomic E-state index is 12.2. The lowest BCUT2D eigenvalue weighted by Gasteiger charge is -2.15. The Hall–Kier alpha value is -2.89. The van der Waals surface area contributed by atoms with Gasteiger partial charge in [-0.25, -0.2) is 4.98 Å². The van der Waals surface area contributed by atoms with Crippen molar-refractivity contribution in [1.29, 1.82) is 0 Å². The molecule has 3 aromatic rings. The van der Waals surface area contributed by atoms with E-state index in [4.69, 9.17) is 4.42 Å². The normalized spacial score (nSPS) is 10.8. The van der Waals surface area contributed by atoms with E-state index in [1.54, 1.807) is 44.3 Å². The van der Waals surface area contributed by atoms with Crippen LogP contribution < -0.4 is 5.56 Å². The number of aromatic nitrogens is 2.